The Morgan fingerprint density at radius 1 is 0.921 bits per heavy atom. The van der Waals surface area contributed by atoms with Crippen molar-refractivity contribution in [2.45, 2.75) is 16.7 Å². The minimum atomic E-state index is -4.16. The van der Waals surface area contributed by atoms with Crippen LogP contribution in [0, 0.1) is 6.92 Å². The topological polar surface area (TPSA) is 126 Å². The van der Waals surface area contributed by atoms with Gasteiger partial charge in [-0.15, -0.1) is 11.3 Å². The zero-order chi connectivity index (χ0) is 27.5. The number of halogens is 2. The molecule has 0 aliphatic rings. The number of hydrogen-bond donors (Lipinski definition) is 2. The second kappa shape index (κ2) is 11.3. The van der Waals surface area contributed by atoms with Crippen molar-refractivity contribution in [2.75, 3.05) is 20.9 Å². The summed E-state index contributed by atoms with van der Waals surface area (Å²) in [6, 6.07) is 15.9. The molecule has 3 aromatic carbocycles. The number of benzene rings is 3. The average molecular weight is 612 g/mol. The molecular weight excluding hydrogens is 591 g/mol. The van der Waals surface area contributed by atoms with Gasteiger partial charge in [0, 0.05) is 17.3 Å². The maximum absolute atomic E-state index is 13.5. The Labute approximate surface area is 234 Å². The van der Waals surface area contributed by atoms with Gasteiger partial charge in [-0.25, -0.2) is 21.8 Å². The monoisotopic (exact) mass is 610 g/mol. The Morgan fingerprint density at radius 3 is 2.18 bits per heavy atom. The minimum Gasteiger partial charge on any atom is -0.325 e. The second-order valence-electron chi connectivity index (χ2n) is 7.94. The minimum absolute atomic E-state index is 0.00994. The summed E-state index contributed by atoms with van der Waals surface area (Å²) in [6.07, 6.45) is 1.47. The van der Waals surface area contributed by atoms with Crippen LogP contribution in [0.15, 0.2) is 88.1 Å². The van der Waals surface area contributed by atoms with Crippen LogP contribution in [0.25, 0.3) is 0 Å². The molecule has 198 valence electrons. The van der Waals surface area contributed by atoms with E-state index in [0.29, 0.717) is 0 Å². The number of sulfonamides is 2. The van der Waals surface area contributed by atoms with Gasteiger partial charge in [0.05, 0.1) is 25.5 Å². The number of aryl methyl sites for hydroxylation is 1. The number of hydrogen-bond acceptors (Lipinski definition) is 7. The highest BCUT2D eigenvalue weighted by Gasteiger charge is 2.28. The van der Waals surface area contributed by atoms with Crippen LogP contribution >= 0.6 is 34.5 Å². The standard InChI is InChI=1S/C24H20Cl2N4O5S3/c1-16-2-7-20(8-3-16)38(34,35)30(18-6-11-21(25)22(26)14-18)15-23(31)28-17-4-9-19(10-5-17)37(32,33)29-24-27-12-13-36-24/h2-14H,15H2,1H3,(H,27,29)(H,28,31). The lowest BCUT2D eigenvalue weighted by atomic mass is 10.2. The smallest absolute Gasteiger partial charge is 0.264 e. The molecule has 0 bridgehead atoms. The largest absolute Gasteiger partial charge is 0.325 e. The molecule has 0 saturated carbocycles. The molecule has 0 fully saturated rings. The average Bonchev–Trinajstić information content (AvgIpc) is 3.37. The molecule has 9 nitrogen and oxygen atoms in total. The second-order valence-corrected chi connectivity index (χ2v) is 13.2. The van der Waals surface area contributed by atoms with Crippen LogP contribution in [0.2, 0.25) is 10.0 Å². The Balaban J connectivity index is 1.56. The van der Waals surface area contributed by atoms with Crippen LogP contribution in [-0.2, 0) is 24.8 Å². The van der Waals surface area contributed by atoms with E-state index in [9.17, 15) is 21.6 Å². The highest BCUT2D eigenvalue weighted by atomic mass is 35.5. The van der Waals surface area contributed by atoms with Gasteiger partial charge in [0.25, 0.3) is 20.0 Å². The Morgan fingerprint density at radius 2 is 1.58 bits per heavy atom. The van der Waals surface area contributed by atoms with Gasteiger partial charge < -0.3 is 5.32 Å². The summed E-state index contributed by atoms with van der Waals surface area (Å²) in [7, 11) is -8.03. The molecule has 1 aromatic heterocycles. The van der Waals surface area contributed by atoms with Crippen molar-refractivity contribution >= 4 is 77.0 Å². The maximum Gasteiger partial charge on any atom is 0.264 e. The normalized spacial score (nSPS) is 11.7. The number of aromatic nitrogens is 1. The fraction of sp³-hybridized carbons (Fsp3) is 0.0833. The van der Waals surface area contributed by atoms with E-state index in [1.807, 2.05) is 6.92 Å². The maximum atomic E-state index is 13.5. The molecule has 4 rings (SSSR count). The molecule has 14 heteroatoms. The van der Waals surface area contributed by atoms with Crippen molar-refractivity contribution in [3.8, 4) is 0 Å². The first-order chi connectivity index (χ1) is 18.0. The summed E-state index contributed by atoms with van der Waals surface area (Å²) in [6.45, 7) is 1.24. The highest BCUT2D eigenvalue weighted by Crippen LogP contribution is 2.31. The first kappa shape index (κ1) is 27.9. The van der Waals surface area contributed by atoms with Gasteiger partial charge in [0.1, 0.15) is 6.54 Å². The van der Waals surface area contributed by atoms with Crippen LogP contribution in [0.3, 0.4) is 0 Å². The number of nitrogens with zero attached hydrogens (tertiary/aromatic N) is 2. The van der Waals surface area contributed by atoms with Gasteiger partial charge in [-0.05, 0) is 61.5 Å². The Bertz CT molecular complexity index is 1660. The first-order valence-corrected chi connectivity index (χ1v) is 15.4. The van der Waals surface area contributed by atoms with E-state index in [0.717, 1.165) is 21.2 Å². The molecule has 38 heavy (non-hydrogen) atoms. The van der Waals surface area contributed by atoms with Crippen molar-refractivity contribution in [3.63, 3.8) is 0 Å². The summed E-state index contributed by atoms with van der Waals surface area (Å²) >= 11 is 13.3. The summed E-state index contributed by atoms with van der Waals surface area (Å²) in [5.74, 6) is -0.664. The molecule has 0 aliphatic carbocycles. The van der Waals surface area contributed by atoms with E-state index < -0.39 is 32.5 Å². The fourth-order valence-corrected chi connectivity index (χ4v) is 6.78. The number of nitrogens with one attached hydrogen (secondary N) is 2. The number of anilines is 3. The van der Waals surface area contributed by atoms with Crippen molar-refractivity contribution < 1.29 is 21.6 Å². The molecule has 0 saturated heterocycles. The molecule has 1 heterocycles. The van der Waals surface area contributed by atoms with Crippen LogP contribution in [0.4, 0.5) is 16.5 Å². The zero-order valence-electron chi connectivity index (χ0n) is 19.6. The highest BCUT2D eigenvalue weighted by molar-refractivity contribution is 7.93. The van der Waals surface area contributed by atoms with Gasteiger partial charge in [0.2, 0.25) is 5.91 Å². The quantitative estimate of drug-likeness (QED) is 0.261. The number of thiazole rings is 1. The van der Waals surface area contributed by atoms with Crippen LogP contribution in [0.5, 0.6) is 0 Å². The van der Waals surface area contributed by atoms with Gasteiger partial charge in [0.15, 0.2) is 5.13 Å². The Hall–Kier alpha value is -3.16. The van der Waals surface area contributed by atoms with Gasteiger partial charge in [-0.1, -0.05) is 40.9 Å². The summed E-state index contributed by atoms with van der Waals surface area (Å²) in [4.78, 5) is 16.8. The molecule has 0 radical (unpaired) electrons. The Kier molecular flexibility index (Phi) is 8.28. The van der Waals surface area contributed by atoms with Crippen molar-refractivity contribution in [1.82, 2.24) is 4.98 Å². The van der Waals surface area contributed by atoms with E-state index in [2.05, 4.69) is 15.0 Å². The van der Waals surface area contributed by atoms with Crippen LogP contribution in [-0.4, -0.2) is 34.3 Å². The molecule has 0 unspecified atom stereocenters. The number of rotatable bonds is 9. The lowest BCUT2D eigenvalue weighted by Crippen LogP contribution is -2.38. The third-order valence-corrected chi connectivity index (χ3v) is 9.89. The number of carbonyl (C=O) groups excluding carboxylic acids is 1. The number of carbonyl (C=O) groups is 1. The lowest BCUT2D eigenvalue weighted by molar-refractivity contribution is -0.114. The third kappa shape index (κ3) is 6.45. The van der Waals surface area contributed by atoms with Gasteiger partial charge in [-0.2, -0.15) is 0 Å². The molecule has 0 spiro atoms. The summed E-state index contributed by atoms with van der Waals surface area (Å²) in [5.41, 5.74) is 1.28. The molecule has 1 amide bonds. The van der Waals surface area contributed by atoms with E-state index in [4.69, 9.17) is 23.2 Å². The van der Waals surface area contributed by atoms with Gasteiger partial charge >= 0.3 is 0 Å². The van der Waals surface area contributed by atoms with E-state index in [1.165, 1.54) is 60.8 Å². The third-order valence-electron chi connectivity index (χ3n) is 5.19. The fourth-order valence-electron chi connectivity index (χ4n) is 3.29. The molecule has 2 N–H and O–H groups in total. The zero-order valence-corrected chi connectivity index (χ0v) is 23.6. The summed E-state index contributed by atoms with van der Waals surface area (Å²) in [5, 5.41) is 4.80. The summed E-state index contributed by atoms with van der Waals surface area (Å²) < 4.78 is 55.4. The van der Waals surface area contributed by atoms with E-state index in [1.54, 1.807) is 17.5 Å². The predicted molar refractivity (Wildman–Crippen MR) is 150 cm³/mol. The molecule has 4 aromatic rings. The van der Waals surface area contributed by atoms with Crippen molar-refractivity contribution in [3.05, 3.63) is 93.9 Å². The molecule has 0 atom stereocenters. The van der Waals surface area contributed by atoms with Crippen LogP contribution in [0.1, 0.15) is 5.56 Å². The van der Waals surface area contributed by atoms with Crippen molar-refractivity contribution in [2.24, 2.45) is 0 Å². The first-order valence-electron chi connectivity index (χ1n) is 10.8. The predicted octanol–water partition coefficient (Wildman–Crippen LogP) is 5.39. The van der Waals surface area contributed by atoms with Crippen LogP contribution < -0.4 is 14.3 Å². The molecular formula is C24H20Cl2N4O5S3. The lowest BCUT2D eigenvalue weighted by Gasteiger charge is -2.24. The van der Waals surface area contributed by atoms with Gasteiger partial charge in [-0.3, -0.25) is 13.8 Å². The van der Waals surface area contributed by atoms with E-state index >= 15 is 0 Å². The number of amides is 1. The van der Waals surface area contributed by atoms with E-state index in [-0.39, 0.29) is 36.3 Å². The molecule has 0 aliphatic heterocycles. The van der Waals surface area contributed by atoms with Crippen molar-refractivity contribution in [1.29, 1.82) is 0 Å². The SMILES string of the molecule is Cc1ccc(S(=O)(=O)N(CC(=O)Nc2ccc(S(=O)(=O)Nc3nccs3)cc2)c2ccc(Cl)c(Cl)c2)cc1.